The van der Waals surface area contributed by atoms with Gasteiger partial charge in [0.05, 0.1) is 5.71 Å². The summed E-state index contributed by atoms with van der Waals surface area (Å²) in [6.07, 6.45) is 0. The van der Waals surface area contributed by atoms with Crippen molar-refractivity contribution in [3.05, 3.63) is 35.9 Å². The highest BCUT2D eigenvalue weighted by Gasteiger charge is 2.17. The Bertz CT molecular complexity index is 391. The molecule has 0 radical (unpaired) electrons. The maximum Gasteiger partial charge on any atom is 0.177 e. The molecule has 0 unspecified atom stereocenters. The smallest absolute Gasteiger partial charge is 0.177 e. The molecule has 0 fully saturated rings. The van der Waals surface area contributed by atoms with Gasteiger partial charge < -0.3 is 0 Å². The first kappa shape index (κ1) is 13.5. The zero-order valence-corrected chi connectivity index (χ0v) is 12.2. The van der Waals surface area contributed by atoms with Crippen molar-refractivity contribution in [1.82, 2.24) is 5.01 Å². The number of amidine groups is 1. The molecule has 0 amide bonds. The van der Waals surface area contributed by atoms with Gasteiger partial charge in [-0.2, -0.15) is 5.10 Å². The Morgan fingerprint density at radius 3 is 2.69 bits per heavy atom. The van der Waals surface area contributed by atoms with Crippen LogP contribution in [0.1, 0.15) is 12.5 Å². The Morgan fingerprint density at radius 1 is 1.38 bits per heavy atom. The van der Waals surface area contributed by atoms with Crippen molar-refractivity contribution < 1.29 is 0 Å². The van der Waals surface area contributed by atoms with Crippen LogP contribution < -0.4 is 0 Å². The number of hydrazone groups is 1. The molecule has 0 aromatic heterocycles. The number of nitrogens with zero attached hydrogens (tertiary/aromatic N) is 2. The van der Waals surface area contributed by atoms with Gasteiger partial charge in [0.25, 0.3) is 0 Å². The molecule has 0 aliphatic carbocycles. The molecule has 1 N–H and O–H groups in total. The number of hydrogen-bond acceptors (Lipinski definition) is 3. The molecule has 0 atom stereocenters. The van der Waals surface area contributed by atoms with Gasteiger partial charge in [0.15, 0.2) is 5.17 Å². The molecule has 0 bridgehead atoms. The monoisotopic (exact) mass is 347 g/mol. The van der Waals surface area contributed by atoms with E-state index in [9.17, 15) is 0 Å². The Labute approximate surface area is 117 Å². The molecule has 1 aromatic carbocycles. The molecule has 5 heteroatoms. The number of halogens is 1. The lowest BCUT2D eigenvalue weighted by Crippen LogP contribution is -2.30. The average molecular weight is 347 g/mol. The standard InChI is InChI=1S/C11H13N3S.HI/c1-2-14-11(12)15-8-10(13-14)9-6-4-3-5-7-9;/h3-7,12H,2,8H2,1H3;1H. The molecule has 0 saturated carbocycles. The predicted molar refractivity (Wildman–Crippen MR) is 81.0 cm³/mol. The second-order valence-electron chi connectivity index (χ2n) is 3.22. The van der Waals surface area contributed by atoms with E-state index in [0.717, 1.165) is 23.6 Å². The van der Waals surface area contributed by atoms with Crippen LogP contribution in [0.2, 0.25) is 0 Å². The summed E-state index contributed by atoms with van der Waals surface area (Å²) in [6, 6.07) is 10.1. The van der Waals surface area contributed by atoms with Gasteiger partial charge in [0.2, 0.25) is 0 Å². The lowest BCUT2D eigenvalue weighted by atomic mass is 10.1. The van der Waals surface area contributed by atoms with Crippen molar-refractivity contribution >= 4 is 46.6 Å². The van der Waals surface area contributed by atoms with Crippen LogP contribution >= 0.6 is 35.7 Å². The fourth-order valence-electron chi connectivity index (χ4n) is 1.42. The molecule has 1 aliphatic heterocycles. The number of benzene rings is 1. The highest BCUT2D eigenvalue weighted by atomic mass is 127. The van der Waals surface area contributed by atoms with E-state index in [1.54, 1.807) is 5.01 Å². The molecule has 1 heterocycles. The molecular weight excluding hydrogens is 333 g/mol. The third kappa shape index (κ3) is 2.98. The zero-order valence-electron chi connectivity index (χ0n) is 9.01. The molecule has 0 spiro atoms. The summed E-state index contributed by atoms with van der Waals surface area (Å²) < 4.78 is 0. The van der Waals surface area contributed by atoms with Crippen LogP contribution in [0.5, 0.6) is 0 Å². The second-order valence-corrected chi connectivity index (χ2v) is 4.19. The van der Waals surface area contributed by atoms with Gasteiger partial charge in [-0.25, -0.2) is 5.01 Å². The third-order valence-electron chi connectivity index (χ3n) is 2.23. The molecule has 16 heavy (non-hydrogen) atoms. The minimum atomic E-state index is 0. The second kappa shape index (κ2) is 6.24. The van der Waals surface area contributed by atoms with E-state index in [-0.39, 0.29) is 24.0 Å². The van der Waals surface area contributed by atoms with Crippen molar-refractivity contribution in [2.45, 2.75) is 6.92 Å². The van der Waals surface area contributed by atoms with Crippen molar-refractivity contribution in [2.24, 2.45) is 5.10 Å². The van der Waals surface area contributed by atoms with E-state index in [1.165, 1.54) is 11.8 Å². The zero-order chi connectivity index (χ0) is 10.7. The van der Waals surface area contributed by atoms with Crippen LogP contribution in [-0.2, 0) is 0 Å². The maximum absolute atomic E-state index is 7.68. The third-order valence-corrected chi connectivity index (χ3v) is 3.13. The summed E-state index contributed by atoms with van der Waals surface area (Å²) >= 11 is 1.53. The van der Waals surface area contributed by atoms with Gasteiger partial charge in [-0.3, -0.25) is 5.41 Å². The molecule has 86 valence electrons. The van der Waals surface area contributed by atoms with Gasteiger partial charge in [-0.1, -0.05) is 42.1 Å². The lowest BCUT2D eigenvalue weighted by molar-refractivity contribution is 0.475. The van der Waals surface area contributed by atoms with Gasteiger partial charge in [-0.15, -0.1) is 24.0 Å². The minimum absolute atomic E-state index is 0. The summed E-state index contributed by atoms with van der Waals surface area (Å²) in [5.74, 6) is 0.791. The molecule has 3 nitrogen and oxygen atoms in total. The fourth-order valence-corrected chi connectivity index (χ4v) is 2.23. The normalized spacial score (nSPS) is 15.4. The number of hydrogen-bond donors (Lipinski definition) is 1. The highest BCUT2D eigenvalue weighted by molar-refractivity contribution is 14.0. The van der Waals surface area contributed by atoms with Gasteiger partial charge in [0, 0.05) is 12.3 Å². The van der Waals surface area contributed by atoms with Crippen molar-refractivity contribution in [3.8, 4) is 0 Å². The summed E-state index contributed by atoms with van der Waals surface area (Å²) in [6.45, 7) is 2.76. The van der Waals surface area contributed by atoms with Crippen molar-refractivity contribution in [3.63, 3.8) is 0 Å². The van der Waals surface area contributed by atoms with Crippen LogP contribution in [0, 0.1) is 5.41 Å². The summed E-state index contributed by atoms with van der Waals surface area (Å²) in [5, 5.41) is 14.4. The van der Waals surface area contributed by atoms with Crippen molar-refractivity contribution in [2.75, 3.05) is 12.3 Å². The topological polar surface area (TPSA) is 39.5 Å². The first-order valence-electron chi connectivity index (χ1n) is 4.93. The van der Waals surface area contributed by atoms with Gasteiger partial charge >= 0.3 is 0 Å². The van der Waals surface area contributed by atoms with Gasteiger partial charge in [0.1, 0.15) is 0 Å². The Kier molecular flexibility index (Phi) is 5.27. The predicted octanol–water partition coefficient (Wildman–Crippen LogP) is 3.01. The van der Waals surface area contributed by atoms with E-state index in [1.807, 2.05) is 25.1 Å². The highest BCUT2D eigenvalue weighted by Crippen LogP contribution is 2.18. The maximum atomic E-state index is 7.68. The van der Waals surface area contributed by atoms with Crippen LogP contribution in [0.25, 0.3) is 0 Å². The molecule has 0 saturated heterocycles. The summed E-state index contributed by atoms with van der Waals surface area (Å²) in [4.78, 5) is 0. The largest absolute Gasteiger partial charge is 0.277 e. The minimum Gasteiger partial charge on any atom is -0.277 e. The van der Waals surface area contributed by atoms with Crippen LogP contribution in [0.4, 0.5) is 0 Å². The number of nitrogens with one attached hydrogen (secondary N) is 1. The van der Waals surface area contributed by atoms with Crippen LogP contribution in [0.3, 0.4) is 0 Å². The van der Waals surface area contributed by atoms with Crippen molar-refractivity contribution in [1.29, 1.82) is 5.41 Å². The molecule has 1 aliphatic rings. The number of rotatable bonds is 2. The fraction of sp³-hybridized carbons (Fsp3) is 0.273. The summed E-state index contributed by atoms with van der Waals surface area (Å²) in [7, 11) is 0. The summed E-state index contributed by atoms with van der Waals surface area (Å²) in [5.41, 5.74) is 2.20. The molecular formula is C11H14IN3S. The quantitative estimate of drug-likeness (QED) is 0.836. The SMILES string of the molecule is CCN1N=C(c2ccccc2)CSC1=N.I. The van der Waals surface area contributed by atoms with Gasteiger partial charge in [-0.05, 0) is 12.5 Å². The molecule has 2 rings (SSSR count). The van der Waals surface area contributed by atoms with E-state index in [0.29, 0.717) is 5.17 Å². The Hall–Kier alpha value is -0.560. The Morgan fingerprint density at radius 2 is 2.06 bits per heavy atom. The molecule has 1 aromatic rings. The van der Waals surface area contributed by atoms with E-state index < -0.39 is 0 Å². The average Bonchev–Trinajstić information content (AvgIpc) is 2.31. The van der Waals surface area contributed by atoms with Crippen LogP contribution in [0.15, 0.2) is 35.4 Å². The van der Waals surface area contributed by atoms with Crippen LogP contribution in [-0.4, -0.2) is 28.2 Å². The lowest BCUT2D eigenvalue weighted by Gasteiger charge is -2.23. The van der Waals surface area contributed by atoms with E-state index in [4.69, 9.17) is 5.41 Å². The first-order chi connectivity index (χ1) is 7.31. The van der Waals surface area contributed by atoms with E-state index >= 15 is 0 Å². The Balaban J connectivity index is 0.00000128. The first-order valence-corrected chi connectivity index (χ1v) is 5.91. The van der Waals surface area contributed by atoms with E-state index in [2.05, 4.69) is 17.2 Å². The number of thioether (sulfide) groups is 1.